The number of rotatable bonds is 7. The van der Waals surface area contributed by atoms with Crippen LogP contribution in [-0.4, -0.2) is 33.4 Å². The van der Waals surface area contributed by atoms with Crippen LogP contribution in [0.5, 0.6) is 0 Å². The Morgan fingerprint density at radius 1 is 1.00 bits per heavy atom. The second-order valence-electron chi connectivity index (χ2n) is 7.58. The molecule has 33 heavy (non-hydrogen) atoms. The van der Waals surface area contributed by atoms with Gasteiger partial charge in [-0.2, -0.15) is 5.10 Å². The molecular formula is C25H22Cl2N4O2. The summed E-state index contributed by atoms with van der Waals surface area (Å²) >= 11 is 12.1. The minimum atomic E-state index is -0.380. The van der Waals surface area contributed by atoms with E-state index in [-0.39, 0.29) is 18.6 Å². The van der Waals surface area contributed by atoms with Crippen LogP contribution < -0.4 is 11.1 Å². The molecule has 1 aromatic heterocycles. The molecule has 0 saturated carbocycles. The van der Waals surface area contributed by atoms with Gasteiger partial charge in [-0.15, -0.1) is 0 Å². The largest absolute Gasteiger partial charge is 0.394 e. The summed E-state index contributed by atoms with van der Waals surface area (Å²) in [5, 5.41) is 18.0. The van der Waals surface area contributed by atoms with Crippen molar-refractivity contribution in [2.24, 2.45) is 0 Å². The smallest absolute Gasteiger partial charge is 0.251 e. The minimum absolute atomic E-state index is 0.153. The maximum absolute atomic E-state index is 12.7. The number of nitrogens with zero attached hydrogens (tertiary/aromatic N) is 2. The van der Waals surface area contributed by atoms with Crippen LogP contribution in [0.3, 0.4) is 0 Å². The van der Waals surface area contributed by atoms with Crippen LogP contribution in [0.25, 0.3) is 16.9 Å². The average Bonchev–Trinajstić information content (AvgIpc) is 3.22. The van der Waals surface area contributed by atoms with E-state index >= 15 is 0 Å². The van der Waals surface area contributed by atoms with E-state index in [1.807, 2.05) is 36.4 Å². The van der Waals surface area contributed by atoms with Gasteiger partial charge in [0.15, 0.2) is 0 Å². The van der Waals surface area contributed by atoms with Crippen molar-refractivity contribution in [1.29, 1.82) is 0 Å². The highest BCUT2D eigenvalue weighted by Crippen LogP contribution is 2.29. The number of nitrogens with two attached hydrogens (primary N) is 1. The number of aliphatic hydroxyl groups is 1. The van der Waals surface area contributed by atoms with Crippen molar-refractivity contribution >= 4 is 34.9 Å². The van der Waals surface area contributed by atoms with Crippen LogP contribution in [0.15, 0.2) is 78.9 Å². The molecule has 1 amide bonds. The maximum atomic E-state index is 12.7. The van der Waals surface area contributed by atoms with Crippen molar-refractivity contribution in [2.75, 3.05) is 12.3 Å². The van der Waals surface area contributed by atoms with Gasteiger partial charge in [0, 0.05) is 17.2 Å². The van der Waals surface area contributed by atoms with E-state index in [1.165, 1.54) is 0 Å². The van der Waals surface area contributed by atoms with Crippen LogP contribution >= 0.6 is 23.2 Å². The number of anilines is 1. The van der Waals surface area contributed by atoms with Crippen molar-refractivity contribution in [1.82, 2.24) is 15.1 Å². The van der Waals surface area contributed by atoms with Crippen molar-refractivity contribution in [3.63, 3.8) is 0 Å². The number of halogens is 2. The van der Waals surface area contributed by atoms with Gasteiger partial charge >= 0.3 is 0 Å². The molecule has 0 aliphatic rings. The first-order valence-corrected chi connectivity index (χ1v) is 11.1. The Labute approximate surface area is 201 Å². The van der Waals surface area contributed by atoms with E-state index in [0.717, 1.165) is 11.1 Å². The Morgan fingerprint density at radius 2 is 1.73 bits per heavy atom. The molecule has 3 aromatic carbocycles. The lowest BCUT2D eigenvalue weighted by molar-refractivity contribution is 0.0916. The Hall–Kier alpha value is -3.32. The summed E-state index contributed by atoms with van der Waals surface area (Å²) in [6.07, 6.45) is 0.544. The van der Waals surface area contributed by atoms with Gasteiger partial charge in [-0.25, -0.2) is 4.68 Å². The molecule has 1 heterocycles. The number of amides is 1. The van der Waals surface area contributed by atoms with Crippen LogP contribution in [-0.2, 0) is 6.42 Å². The summed E-state index contributed by atoms with van der Waals surface area (Å²) in [6.45, 7) is -0.153. The van der Waals surface area contributed by atoms with E-state index in [2.05, 4.69) is 10.4 Å². The molecule has 0 unspecified atom stereocenters. The zero-order valence-corrected chi connectivity index (χ0v) is 19.1. The number of hydrogen-bond acceptors (Lipinski definition) is 4. The van der Waals surface area contributed by atoms with E-state index in [1.54, 1.807) is 47.1 Å². The molecule has 0 fully saturated rings. The van der Waals surface area contributed by atoms with Gasteiger partial charge in [-0.1, -0.05) is 59.6 Å². The molecule has 168 valence electrons. The van der Waals surface area contributed by atoms with Crippen molar-refractivity contribution < 1.29 is 9.90 Å². The van der Waals surface area contributed by atoms with Gasteiger partial charge in [0.05, 0.1) is 34.1 Å². The quantitative estimate of drug-likeness (QED) is 0.355. The molecule has 0 radical (unpaired) electrons. The Morgan fingerprint density at radius 3 is 2.39 bits per heavy atom. The number of carbonyl (C=O) groups is 1. The van der Waals surface area contributed by atoms with Crippen molar-refractivity contribution in [3.05, 3.63) is 100 Å². The lowest BCUT2D eigenvalue weighted by Gasteiger charge is -2.16. The fraction of sp³-hybridized carbons (Fsp3) is 0.120. The summed E-state index contributed by atoms with van der Waals surface area (Å²) < 4.78 is 1.59. The minimum Gasteiger partial charge on any atom is -0.394 e. The molecule has 0 spiro atoms. The number of benzene rings is 3. The molecule has 4 N–H and O–H groups in total. The molecule has 0 bridgehead atoms. The first-order valence-electron chi connectivity index (χ1n) is 10.3. The molecule has 4 rings (SSSR count). The fourth-order valence-corrected chi connectivity index (χ4v) is 3.78. The highest BCUT2D eigenvalue weighted by Gasteiger charge is 2.15. The third-order valence-electron chi connectivity index (χ3n) is 5.21. The van der Waals surface area contributed by atoms with E-state index in [9.17, 15) is 9.90 Å². The molecule has 6 nitrogen and oxygen atoms in total. The molecule has 0 aliphatic heterocycles. The molecule has 8 heteroatoms. The third-order valence-corrected chi connectivity index (χ3v) is 5.95. The first kappa shape index (κ1) is 22.9. The normalized spacial score (nSPS) is 11.8. The van der Waals surface area contributed by atoms with E-state index in [0.29, 0.717) is 39.2 Å². The summed E-state index contributed by atoms with van der Waals surface area (Å²) in [4.78, 5) is 12.7. The predicted molar refractivity (Wildman–Crippen MR) is 132 cm³/mol. The van der Waals surface area contributed by atoms with Crippen LogP contribution in [0.2, 0.25) is 10.0 Å². The summed E-state index contributed by atoms with van der Waals surface area (Å²) in [6, 6.07) is 23.3. The highest BCUT2D eigenvalue weighted by molar-refractivity contribution is 6.42. The lowest BCUT2D eigenvalue weighted by Crippen LogP contribution is -2.39. The standard InChI is InChI=1S/C25H22Cl2N4O2/c26-21-11-8-18(13-22(21)27)23-14-24(28)31(30-23)20-9-6-17(7-10-20)25(33)29-19(15-32)12-16-4-2-1-3-5-16/h1-11,13-14,19,32H,12,15,28H2,(H,29,33)/t19-/m0/s1. The molecule has 0 aliphatic carbocycles. The Bertz CT molecular complexity index is 1260. The topological polar surface area (TPSA) is 93.2 Å². The van der Waals surface area contributed by atoms with E-state index < -0.39 is 0 Å². The summed E-state index contributed by atoms with van der Waals surface area (Å²) in [5.41, 5.74) is 9.83. The second-order valence-corrected chi connectivity index (χ2v) is 8.40. The molecular weight excluding hydrogens is 459 g/mol. The Kier molecular flexibility index (Phi) is 6.99. The average molecular weight is 481 g/mol. The van der Waals surface area contributed by atoms with E-state index in [4.69, 9.17) is 28.9 Å². The number of nitrogens with one attached hydrogen (secondary N) is 1. The van der Waals surface area contributed by atoms with Crippen LogP contribution in [0.4, 0.5) is 5.82 Å². The molecule has 4 aromatic rings. The van der Waals surface area contributed by atoms with Gasteiger partial charge in [0.2, 0.25) is 0 Å². The van der Waals surface area contributed by atoms with Gasteiger partial charge in [0.25, 0.3) is 5.91 Å². The Balaban J connectivity index is 1.48. The monoisotopic (exact) mass is 480 g/mol. The number of nitrogen functional groups attached to an aromatic ring is 1. The molecule has 1 atom stereocenters. The third kappa shape index (κ3) is 5.37. The van der Waals surface area contributed by atoms with Crippen molar-refractivity contribution in [2.45, 2.75) is 12.5 Å². The summed E-state index contributed by atoms with van der Waals surface area (Å²) in [7, 11) is 0. The van der Waals surface area contributed by atoms with Crippen LogP contribution in [0.1, 0.15) is 15.9 Å². The maximum Gasteiger partial charge on any atom is 0.251 e. The lowest BCUT2D eigenvalue weighted by atomic mass is 10.1. The number of carbonyl (C=O) groups excluding carboxylic acids is 1. The summed E-state index contributed by atoms with van der Waals surface area (Å²) in [5.74, 6) is 0.179. The second kappa shape index (κ2) is 10.1. The predicted octanol–water partition coefficient (Wildman–Crippen LogP) is 4.76. The first-order chi connectivity index (χ1) is 15.9. The highest BCUT2D eigenvalue weighted by atomic mass is 35.5. The number of aromatic nitrogens is 2. The van der Waals surface area contributed by atoms with Gasteiger partial charge < -0.3 is 16.2 Å². The zero-order chi connectivity index (χ0) is 23.4. The SMILES string of the molecule is Nc1cc(-c2ccc(Cl)c(Cl)c2)nn1-c1ccc(C(=O)N[C@H](CO)Cc2ccccc2)cc1. The zero-order valence-electron chi connectivity index (χ0n) is 17.6. The van der Waals surface area contributed by atoms with Gasteiger partial charge in [-0.3, -0.25) is 4.79 Å². The van der Waals surface area contributed by atoms with Gasteiger partial charge in [-0.05, 0) is 48.4 Å². The number of hydrogen-bond donors (Lipinski definition) is 3. The fourth-order valence-electron chi connectivity index (χ4n) is 3.48. The van der Waals surface area contributed by atoms with Gasteiger partial charge in [0.1, 0.15) is 5.82 Å². The van der Waals surface area contributed by atoms with Crippen molar-refractivity contribution in [3.8, 4) is 16.9 Å². The number of aliphatic hydroxyl groups excluding tert-OH is 1. The van der Waals surface area contributed by atoms with Crippen LogP contribution in [0, 0.1) is 0 Å². The molecule has 0 saturated heterocycles.